The summed E-state index contributed by atoms with van der Waals surface area (Å²) in [7, 11) is 3.24. The summed E-state index contributed by atoms with van der Waals surface area (Å²) in [6.45, 7) is 20.4. The van der Waals surface area contributed by atoms with Gasteiger partial charge in [-0.25, -0.2) is 8.78 Å². The number of hydrogen-bond acceptors (Lipinski definition) is 15. The lowest BCUT2D eigenvalue weighted by atomic mass is 9.75. The highest BCUT2D eigenvalue weighted by atomic mass is 19.1. The summed E-state index contributed by atoms with van der Waals surface area (Å²) in [6.07, 6.45) is -7.63. The molecule has 7 N–H and O–H groups in total. The Bertz CT molecular complexity index is 1590. The van der Waals surface area contributed by atoms with E-state index in [1.165, 1.54) is 14.0 Å². The molecule has 3 aliphatic heterocycles. The van der Waals surface area contributed by atoms with Gasteiger partial charge in [0, 0.05) is 50.2 Å². The van der Waals surface area contributed by atoms with E-state index in [-0.39, 0.29) is 43.6 Å². The second kappa shape index (κ2) is 22.1. The fraction of sp³-hybridized carbons (Fsp3) is 0.848. The van der Waals surface area contributed by atoms with Gasteiger partial charge in [-0.15, -0.1) is 0 Å². The first-order valence-electron chi connectivity index (χ1n) is 22.8. The molecule has 0 bridgehead atoms. The number of ether oxygens (including phenoxy) is 7. The Balaban J connectivity index is 1.85. The Labute approximate surface area is 373 Å². The van der Waals surface area contributed by atoms with Gasteiger partial charge in [-0.05, 0) is 100 Å². The average molecular weight is 904 g/mol. The summed E-state index contributed by atoms with van der Waals surface area (Å²) in [5.41, 5.74) is -6.23. The Hall–Kier alpha value is -2.13. The predicted molar refractivity (Wildman–Crippen MR) is 232 cm³/mol. The molecular formula is C46H79F2N3O12. The van der Waals surface area contributed by atoms with Crippen LogP contribution in [0.3, 0.4) is 0 Å². The lowest BCUT2D eigenvalue weighted by Gasteiger charge is -2.53. The molecule has 3 saturated heterocycles. The molecule has 3 fully saturated rings. The molecule has 0 spiro atoms. The van der Waals surface area contributed by atoms with Crippen LogP contribution in [0.1, 0.15) is 108 Å². The van der Waals surface area contributed by atoms with Gasteiger partial charge in [0.1, 0.15) is 46.4 Å². The SMILES string of the molecule is CCCNC[C@]1(O)[C@H](C)O[C@@H](O[C@H]2[C@H](C)[C@@H](O[C@@H]3O[C@H](C)C[C@H](NC)[C@H]3Oc3cc(F)cc(F)c3)[C@](C)(O)C[C@@H](C)CN[C@H](C)[C@@H](O)[C@](C)(O)[C@@H](CC)OC(=O)[C@@H]2C)C[C@@]1(C)OC. The average Bonchev–Trinajstić information content (AvgIpc) is 3.21. The van der Waals surface area contributed by atoms with Crippen molar-refractivity contribution < 1.29 is 67.2 Å². The van der Waals surface area contributed by atoms with Crippen LogP contribution in [0.5, 0.6) is 5.75 Å². The van der Waals surface area contributed by atoms with Crippen LogP contribution in [0.4, 0.5) is 8.78 Å². The highest BCUT2D eigenvalue weighted by molar-refractivity contribution is 5.73. The molecule has 1 aromatic rings. The van der Waals surface area contributed by atoms with E-state index in [4.69, 9.17) is 33.2 Å². The molecule has 3 heterocycles. The van der Waals surface area contributed by atoms with Crippen LogP contribution in [-0.4, -0.2) is 150 Å². The highest BCUT2D eigenvalue weighted by Crippen LogP contribution is 2.43. The zero-order valence-electron chi connectivity index (χ0n) is 39.8. The van der Waals surface area contributed by atoms with E-state index in [2.05, 4.69) is 16.0 Å². The van der Waals surface area contributed by atoms with Crippen LogP contribution >= 0.6 is 0 Å². The number of carbonyl (C=O) groups excluding carboxylic acids is 1. The van der Waals surface area contributed by atoms with Crippen LogP contribution in [-0.2, 0) is 33.2 Å². The number of aliphatic hydroxyl groups is 4. The number of likely N-dealkylation sites (N-methyl/N-ethyl adjacent to an activating group) is 1. The molecule has 3 aliphatic rings. The van der Waals surface area contributed by atoms with Crippen molar-refractivity contribution in [3.05, 3.63) is 29.8 Å². The molecule has 17 heteroatoms. The Kier molecular flexibility index (Phi) is 18.8. The third-order valence-electron chi connectivity index (χ3n) is 13.8. The van der Waals surface area contributed by atoms with Crippen molar-refractivity contribution in [1.82, 2.24) is 16.0 Å². The molecule has 364 valence electrons. The number of benzene rings is 1. The normalized spacial score (nSPS) is 43.7. The van der Waals surface area contributed by atoms with Crippen LogP contribution < -0.4 is 20.7 Å². The molecule has 15 nitrogen and oxygen atoms in total. The molecule has 0 aliphatic carbocycles. The molecule has 1 aromatic carbocycles. The summed E-state index contributed by atoms with van der Waals surface area (Å²) in [5, 5.41) is 57.9. The Morgan fingerprint density at radius 3 is 2.17 bits per heavy atom. The maximum Gasteiger partial charge on any atom is 0.311 e. The topological polar surface area (TPSA) is 199 Å². The number of esters is 1. The van der Waals surface area contributed by atoms with Gasteiger partial charge in [0.15, 0.2) is 18.7 Å². The van der Waals surface area contributed by atoms with Gasteiger partial charge in [-0.1, -0.05) is 27.7 Å². The van der Waals surface area contributed by atoms with Gasteiger partial charge >= 0.3 is 5.97 Å². The van der Waals surface area contributed by atoms with Gasteiger partial charge in [-0.3, -0.25) is 4.79 Å². The number of methoxy groups -OCH3 is 1. The third kappa shape index (κ3) is 12.5. The van der Waals surface area contributed by atoms with Crippen LogP contribution in [0, 0.1) is 29.4 Å². The minimum atomic E-state index is -1.87. The molecule has 0 saturated carbocycles. The van der Waals surface area contributed by atoms with E-state index in [0.29, 0.717) is 19.5 Å². The number of rotatable bonds is 13. The summed E-state index contributed by atoms with van der Waals surface area (Å²) in [4.78, 5) is 14.5. The number of cyclic esters (lactones) is 1. The quantitative estimate of drug-likeness (QED) is 0.111. The molecule has 0 aromatic heterocycles. The zero-order chi connectivity index (χ0) is 47.2. The van der Waals surface area contributed by atoms with Gasteiger partial charge in [0.2, 0.25) is 0 Å². The van der Waals surface area contributed by atoms with Crippen molar-refractivity contribution in [1.29, 1.82) is 0 Å². The van der Waals surface area contributed by atoms with Crippen molar-refractivity contribution in [3.63, 3.8) is 0 Å². The van der Waals surface area contributed by atoms with E-state index in [1.54, 1.807) is 55.5 Å². The first-order valence-corrected chi connectivity index (χ1v) is 22.8. The van der Waals surface area contributed by atoms with Crippen LogP contribution in [0.2, 0.25) is 0 Å². The molecule has 0 amide bonds. The van der Waals surface area contributed by atoms with Gasteiger partial charge < -0.3 is 69.5 Å². The monoisotopic (exact) mass is 904 g/mol. The standard InChI is InChI=1S/C46H79F2N3O12/c1-14-16-50-24-46(56)30(8)59-36(22-44(46,10)57-13)62-37-27(5)40(63-42-38(34(49-12)17-26(4)58-42)60-33-19-31(47)18-32(48)20-33)43(9,54)21-25(3)23-51-29(7)39(52)45(11,55)35(15-2)61-41(53)28(37)6/h18-20,25-30,34-40,42,49-52,54-56H,14-17,21-24H2,1-13H3/t25-,26-,27+,28-,29-,30+,34+,35-,36+,37+,38-,39-,40-,42+,43-,44-,45-,46+/m1/s1. The molecule has 63 heavy (non-hydrogen) atoms. The van der Waals surface area contributed by atoms with E-state index < -0.39 is 113 Å². The van der Waals surface area contributed by atoms with Crippen molar-refractivity contribution in [2.75, 3.05) is 33.8 Å². The molecule has 4 rings (SSSR count). The van der Waals surface area contributed by atoms with Gasteiger partial charge in [0.25, 0.3) is 0 Å². The second-order valence-corrected chi connectivity index (χ2v) is 19.3. The second-order valence-electron chi connectivity index (χ2n) is 19.3. The number of carbonyl (C=O) groups is 1. The Morgan fingerprint density at radius 1 is 0.937 bits per heavy atom. The number of nitrogens with one attached hydrogen (secondary N) is 3. The fourth-order valence-electron chi connectivity index (χ4n) is 9.88. The maximum atomic E-state index is 14.5. The smallest absolute Gasteiger partial charge is 0.311 e. The van der Waals surface area contributed by atoms with Crippen molar-refractivity contribution in [2.24, 2.45) is 17.8 Å². The summed E-state index contributed by atoms with van der Waals surface area (Å²) in [6, 6.07) is 1.80. The molecule has 18 atom stereocenters. The maximum absolute atomic E-state index is 14.5. The summed E-state index contributed by atoms with van der Waals surface area (Å²) in [5.74, 6) is -4.73. The minimum Gasteiger partial charge on any atom is -0.483 e. The fourth-order valence-corrected chi connectivity index (χ4v) is 9.88. The van der Waals surface area contributed by atoms with Gasteiger partial charge in [0.05, 0.1) is 42.0 Å². The lowest BCUT2D eigenvalue weighted by Crippen LogP contribution is -2.70. The highest BCUT2D eigenvalue weighted by Gasteiger charge is 2.58. The minimum absolute atomic E-state index is 0.0390. The number of halogens is 2. The molecular weight excluding hydrogens is 825 g/mol. The third-order valence-corrected chi connectivity index (χ3v) is 13.8. The Morgan fingerprint density at radius 2 is 1.59 bits per heavy atom. The van der Waals surface area contributed by atoms with Crippen LogP contribution in [0.15, 0.2) is 18.2 Å². The van der Waals surface area contributed by atoms with Crippen molar-refractivity contribution in [3.8, 4) is 5.75 Å². The van der Waals surface area contributed by atoms with Crippen LogP contribution in [0.25, 0.3) is 0 Å². The molecule has 0 radical (unpaired) electrons. The first kappa shape index (κ1) is 53.5. The zero-order valence-corrected chi connectivity index (χ0v) is 39.8. The summed E-state index contributed by atoms with van der Waals surface area (Å²) < 4.78 is 74.1. The van der Waals surface area contributed by atoms with E-state index >= 15 is 0 Å². The van der Waals surface area contributed by atoms with E-state index in [0.717, 1.165) is 24.6 Å². The number of aliphatic hydroxyl groups excluding tert-OH is 1. The summed E-state index contributed by atoms with van der Waals surface area (Å²) >= 11 is 0. The lowest BCUT2D eigenvalue weighted by molar-refractivity contribution is -0.335. The van der Waals surface area contributed by atoms with Crippen molar-refractivity contribution in [2.45, 2.75) is 198 Å². The number of hydrogen-bond donors (Lipinski definition) is 7. The van der Waals surface area contributed by atoms with E-state index in [9.17, 15) is 34.0 Å². The van der Waals surface area contributed by atoms with E-state index in [1.807, 2.05) is 20.8 Å². The first-order chi connectivity index (χ1) is 29.4. The predicted octanol–water partition coefficient (Wildman–Crippen LogP) is 3.95. The molecule has 0 unspecified atom stereocenters. The van der Waals surface area contributed by atoms with Gasteiger partial charge in [-0.2, -0.15) is 0 Å². The largest absolute Gasteiger partial charge is 0.483 e. The van der Waals surface area contributed by atoms with Crippen molar-refractivity contribution >= 4 is 5.97 Å².